The molecule has 1 saturated heterocycles. The van der Waals surface area contributed by atoms with Gasteiger partial charge in [-0.25, -0.2) is 4.79 Å². The van der Waals surface area contributed by atoms with Crippen LogP contribution in [0.3, 0.4) is 0 Å². The van der Waals surface area contributed by atoms with Crippen LogP contribution in [0.1, 0.15) is 36.9 Å². The van der Waals surface area contributed by atoms with E-state index in [9.17, 15) is 9.59 Å². The van der Waals surface area contributed by atoms with Gasteiger partial charge in [0.25, 0.3) is 0 Å². The number of rotatable bonds is 4. The van der Waals surface area contributed by atoms with Gasteiger partial charge in [-0.15, -0.1) is 0 Å². The second kappa shape index (κ2) is 8.34. The van der Waals surface area contributed by atoms with Gasteiger partial charge in [0, 0.05) is 26.2 Å². The molecule has 1 N–H and O–H groups in total. The smallest absolute Gasteiger partial charge is 0.409 e. The molecule has 1 heterocycles. The maximum absolute atomic E-state index is 12.4. The van der Waals surface area contributed by atoms with Crippen LogP contribution in [0.15, 0.2) is 24.3 Å². The van der Waals surface area contributed by atoms with Gasteiger partial charge in [0.2, 0.25) is 5.91 Å². The number of hydrogen-bond donors (Lipinski definition) is 1. The summed E-state index contributed by atoms with van der Waals surface area (Å²) in [4.78, 5) is 28.0. The molecular weight excluding hydrogens is 318 g/mol. The molecule has 1 aromatic carbocycles. The highest BCUT2D eigenvalue weighted by Crippen LogP contribution is 2.29. The number of nitrogens with one attached hydrogen (secondary N) is 1. The SMILES string of the molecule is CCOC(=O)N1CCN(CC(=O)N[C@H]2CCCc3ccccc32)CC1. The largest absolute Gasteiger partial charge is 0.450 e. The van der Waals surface area contributed by atoms with Crippen molar-refractivity contribution in [2.75, 3.05) is 39.3 Å². The summed E-state index contributed by atoms with van der Waals surface area (Å²) in [5, 5.41) is 3.19. The van der Waals surface area contributed by atoms with Crippen molar-refractivity contribution in [3.05, 3.63) is 35.4 Å². The molecule has 2 aliphatic rings. The third kappa shape index (κ3) is 4.51. The van der Waals surface area contributed by atoms with Gasteiger partial charge in [-0.3, -0.25) is 9.69 Å². The van der Waals surface area contributed by atoms with Crippen LogP contribution in [0.5, 0.6) is 0 Å². The van der Waals surface area contributed by atoms with Crippen molar-refractivity contribution in [3.8, 4) is 0 Å². The number of benzene rings is 1. The third-order valence-corrected chi connectivity index (χ3v) is 4.97. The van der Waals surface area contributed by atoms with Crippen molar-refractivity contribution in [2.45, 2.75) is 32.2 Å². The lowest BCUT2D eigenvalue weighted by molar-refractivity contribution is -0.123. The molecule has 6 nitrogen and oxygen atoms in total. The highest BCUT2D eigenvalue weighted by molar-refractivity contribution is 5.78. The van der Waals surface area contributed by atoms with Gasteiger partial charge in [0.15, 0.2) is 0 Å². The molecule has 0 spiro atoms. The van der Waals surface area contributed by atoms with Crippen LogP contribution in [-0.2, 0) is 16.0 Å². The van der Waals surface area contributed by atoms with E-state index in [1.807, 2.05) is 13.0 Å². The molecule has 0 saturated carbocycles. The Balaban J connectivity index is 1.47. The average molecular weight is 345 g/mol. The summed E-state index contributed by atoms with van der Waals surface area (Å²) in [5.41, 5.74) is 2.61. The van der Waals surface area contributed by atoms with Gasteiger partial charge in [-0.1, -0.05) is 24.3 Å². The lowest BCUT2D eigenvalue weighted by Crippen LogP contribution is -2.51. The minimum absolute atomic E-state index is 0.0614. The number of ether oxygens (including phenoxy) is 1. The van der Waals surface area contributed by atoms with Crippen LogP contribution in [0.2, 0.25) is 0 Å². The van der Waals surface area contributed by atoms with Crippen molar-refractivity contribution < 1.29 is 14.3 Å². The van der Waals surface area contributed by atoms with Crippen LogP contribution in [-0.4, -0.2) is 61.1 Å². The summed E-state index contributed by atoms with van der Waals surface area (Å²) in [6.45, 7) is 5.21. The number of aryl methyl sites for hydroxylation is 1. The Hall–Kier alpha value is -2.08. The predicted molar refractivity (Wildman–Crippen MR) is 95.3 cm³/mol. The Bertz CT molecular complexity index is 612. The second-order valence-corrected chi connectivity index (χ2v) is 6.67. The van der Waals surface area contributed by atoms with E-state index >= 15 is 0 Å². The number of fused-ring (bicyclic) bond motifs is 1. The van der Waals surface area contributed by atoms with E-state index < -0.39 is 0 Å². The highest BCUT2D eigenvalue weighted by Gasteiger charge is 2.25. The molecule has 1 atom stereocenters. The third-order valence-electron chi connectivity index (χ3n) is 4.97. The Labute approximate surface area is 149 Å². The van der Waals surface area contributed by atoms with Crippen molar-refractivity contribution in [1.29, 1.82) is 0 Å². The first kappa shape index (κ1) is 17.7. The van der Waals surface area contributed by atoms with Gasteiger partial charge in [0.1, 0.15) is 0 Å². The molecule has 0 unspecified atom stereocenters. The molecular formula is C19H27N3O3. The van der Waals surface area contributed by atoms with Crippen molar-refractivity contribution >= 4 is 12.0 Å². The molecule has 0 bridgehead atoms. The normalized spacial score (nSPS) is 20.7. The standard InChI is InChI=1S/C19H27N3O3/c1-2-25-19(24)22-12-10-21(11-13-22)14-18(23)20-17-9-5-7-15-6-3-4-8-16(15)17/h3-4,6,8,17H,2,5,7,9-14H2,1H3,(H,20,23)/t17-/m0/s1. The molecule has 1 aliphatic carbocycles. The fourth-order valence-electron chi connectivity index (χ4n) is 3.65. The molecule has 3 rings (SSSR count). The van der Waals surface area contributed by atoms with E-state index in [1.54, 1.807) is 4.90 Å². The van der Waals surface area contributed by atoms with Gasteiger partial charge < -0.3 is 15.0 Å². The van der Waals surface area contributed by atoms with E-state index in [2.05, 4.69) is 28.4 Å². The first-order valence-electron chi connectivity index (χ1n) is 9.18. The van der Waals surface area contributed by atoms with E-state index in [1.165, 1.54) is 11.1 Å². The van der Waals surface area contributed by atoms with E-state index in [4.69, 9.17) is 4.74 Å². The number of piperazine rings is 1. The summed E-state index contributed by atoms with van der Waals surface area (Å²) in [6, 6.07) is 8.50. The summed E-state index contributed by atoms with van der Waals surface area (Å²) >= 11 is 0. The maximum atomic E-state index is 12.4. The summed E-state index contributed by atoms with van der Waals surface area (Å²) in [7, 11) is 0. The molecule has 25 heavy (non-hydrogen) atoms. The van der Waals surface area contributed by atoms with Crippen molar-refractivity contribution in [3.63, 3.8) is 0 Å². The summed E-state index contributed by atoms with van der Waals surface area (Å²) < 4.78 is 5.02. The Kier molecular flexibility index (Phi) is 5.91. The minimum atomic E-state index is -0.259. The van der Waals surface area contributed by atoms with Gasteiger partial charge >= 0.3 is 6.09 Å². The lowest BCUT2D eigenvalue weighted by Gasteiger charge is -2.34. The quantitative estimate of drug-likeness (QED) is 0.906. The monoisotopic (exact) mass is 345 g/mol. The molecule has 1 aliphatic heterocycles. The topological polar surface area (TPSA) is 61.9 Å². The van der Waals surface area contributed by atoms with E-state index in [0.29, 0.717) is 39.3 Å². The highest BCUT2D eigenvalue weighted by atomic mass is 16.6. The zero-order valence-corrected chi connectivity index (χ0v) is 14.9. The van der Waals surface area contributed by atoms with Crippen LogP contribution < -0.4 is 5.32 Å². The summed E-state index contributed by atoms with van der Waals surface area (Å²) in [5.74, 6) is 0.0614. The van der Waals surface area contributed by atoms with Crippen molar-refractivity contribution in [2.24, 2.45) is 0 Å². The Morgan fingerprint density at radius 3 is 2.72 bits per heavy atom. The Morgan fingerprint density at radius 1 is 1.20 bits per heavy atom. The molecule has 1 aromatic rings. The molecule has 0 radical (unpaired) electrons. The lowest BCUT2D eigenvalue weighted by atomic mass is 9.88. The number of amides is 2. The molecule has 2 amide bonds. The van der Waals surface area contributed by atoms with E-state index in [-0.39, 0.29) is 18.0 Å². The van der Waals surface area contributed by atoms with Crippen LogP contribution in [0.25, 0.3) is 0 Å². The maximum Gasteiger partial charge on any atom is 0.409 e. The molecule has 6 heteroatoms. The zero-order chi connectivity index (χ0) is 17.6. The van der Waals surface area contributed by atoms with Gasteiger partial charge in [0.05, 0.1) is 19.2 Å². The Morgan fingerprint density at radius 2 is 1.96 bits per heavy atom. The molecule has 136 valence electrons. The van der Waals surface area contributed by atoms with E-state index in [0.717, 1.165) is 19.3 Å². The van der Waals surface area contributed by atoms with Crippen LogP contribution in [0.4, 0.5) is 4.79 Å². The van der Waals surface area contributed by atoms with Crippen LogP contribution in [0, 0.1) is 0 Å². The van der Waals surface area contributed by atoms with Gasteiger partial charge in [-0.2, -0.15) is 0 Å². The number of hydrogen-bond acceptors (Lipinski definition) is 4. The fraction of sp³-hybridized carbons (Fsp3) is 0.579. The molecule has 0 aromatic heterocycles. The number of carbonyl (C=O) groups excluding carboxylic acids is 2. The molecule has 1 fully saturated rings. The second-order valence-electron chi connectivity index (χ2n) is 6.67. The first-order chi connectivity index (χ1) is 12.2. The summed E-state index contributed by atoms with van der Waals surface area (Å²) in [6.07, 6.45) is 2.95. The zero-order valence-electron chi connectivity index (χ0n) is 14.9. The fourth-order valence-corrected chi connectivity index (χ4v) is 3.65. The number of nitrogens with zero attached hydrogens (tertiary/aromatic N) is 2. The van der Waals surface area contributed by atoms with Gasteiger partial charge in [-0.05, 0) is 37.3 Å². The first-order valence-corrected chi connectivity index (χ1v) is 9.18. The van der Waals surface area contributed by atoms with Crippen LogP contribution >= 0.6 is 0 Å². The number of carbonyl (C=O) groups is 2. The average Bonchev–Trinajstić information content (AvgIpc) is 2.63. The van der Waals surface area contributed by atoms with Crippen molar-refractivity contribution in [1.82, 2.24) is 15.1 Å². The predicted octanol–water partition coefficient (Wildman–Crippen LogP) is 1.95. The minimum Gasteiger partial charge on any atom is -0.450 e.